The van der Waals surface area contributed by atoms with Gasteiger partial charge < -0.3 is 14.7 Å². The molecule has 2 aliphatic carbocycles. The van der Waals surface area contributed by atoms with Crippen molar-refractivity contribution in [2.24, 2.45) is 11.8 Å². The van der Waals surface area contributed by atoms with Crippen LogP contribution < -0.4 is 9.80 Å². The average Bonchev–Trinajstić information content (AvgIpc) is 3.59. The largest absolute Gasteiger partial charge is 0.392 e. The van der Waals surface area contributed by atoms with Crippen molar-refractivity contribution in [2.75, 3.05) is 29.4 Å². The van der Waals surface area contributed by atoms with Crippen LogP contribution in [0.4, 0.5) is 30.6 Å². The molecule has 8 nitrogen and oxygen atoms in total. The molecule has 4 heterocycles. The molecule has 194 valence electrons. The summed E-state index contributed by atoms with van der Waals surface area (Å²) in [5.74, 6) is -0.559. The minimum atomic E-state index is -4.32. The van der Waals surface area contributed by atoms with Crippen molar-refractivity contribution in [3.05, 3.63) is 35.8 Å². The van der Waals surface area contributed by atoms with E-state index in [2.05, 4.69) is 25.8 Å². The van der Waals surface area contributed by atoms with E-state index in [1.165, 1.54) is 0 Å². The molecule has 1 amide bonds. The van der Waals surface area contributed by atoms with Gasteiger partial charge in [-0.2, -0.15) is 18.4 Å². The molecule has 2 saturated carbocycles. The van der Waals surface area contributed by atoms with E-state index in [0.717, 1.165) is 36.5 Å². The molecule has 0 bridgehead atoms. The van der Waals surface area contributed by atoms with Crippen molar-refractivity contribution in [3.63, 3.8) is 0 Å². The van der Waals surface area contributed by atoms with Gasteiger partial charge in [-0.1, -0.05) is 6.42 Å². The monoisotopic (exact) mass is 511 g/mol. The van der Waals surface area contributed by atoms with E-state index in [0.29, 0.717) is 31.0 Å². The maximum Gasteiger partial charge on any atom is 0.392 e. The van der Waals surface area contributed by atoms with E-state index in [4.69, 9.17) is 4.98 Å². The molecule has 1 saturated heterocycles. The van der Waals surface area contributed by atoms with Gasteiger partial charge in [0.05, 0.1) is 23.5 Å². The smallest absolute Gasteiger partial charge is 0.350 e. The van der Waals surface area contributed by atoms with Crippen LogP contribution in [0, 0.1) is 23.2 Å². The van der Waals surface area contributed by atoms with Gasteiger partial charge in [0.25, 0.3) is 0 Å². The highest BCUT2D eigenvalue weighted by molar-refractivity contribution is 5.83. The van der Waals surface area contributed by atoms with Crippen LogP contribution in [0.25, 0.3) is 0 Å². The minimum absolute atomic E-state index is 0.109. The zero-order chi connectivity index (χ0) is 26.1. The number of carbonyl (C=O) groups is 1. The second-order valence-corrected chi connectivity index (χ2v) is 11.0. The van der Waals surface area contributed by atoms with Crippen molar-refractivity contribution >= 4 is 23.4 Å². The summed E-state index contributed by atoms with van der Waals surface area (Å²) in [6.45, 7) is 5.43. The van der Waals surface area contributed by atoms with Gasteiger partial charge in [0.2, 0.25) is 5.91 Å². The van der Waals surface area contributed by atoms with Crippen LogP contribution in [-0.4, -0.2) is 63.7 Å². The molecule has 2 aromatic heterocycles. The topological polar surface area (TPSA) is 89.2 Å². The Bertz CT molecular complexity index is 1290. The number of anilines is 3. The van der Waals surface area contributed by atoms with Crippen molar-refractivity contribution in [3.8, 4) is 6.07 Å². The summed E-state index contributed by atoms with van der Waals surface area (Å²) in [6.07, 6.45) is 1.84. The van der Waals surface area contributed by atoms with Gasteiger partial charge >= 0.3 is 6.18 Å². The second kappa shape index (κ2) is 8.30. The molecule has 3 fully saturated rings. The first-order chi connectivity index (χ1) is 17.6. The highest BCUT2D eigenvalue weighted by Gasteiger charge is 2.60. The maximum absolute atomic E-state index is 13.1. The summed E-state index contributed by atoms with van der Waals surface area (Å²) in [7, 11) is 0. The van der Waals surface area contributed by atoms with Gasteiger partial charge in [-0.05, 0) is 45.2 Å². The molecule has 2 aliphatic heterocycles. The van der Waals surface area contributed by atoms with Gasteiger partial charge in [0, 0.05) is 48.9 Å². The molecule has 2 unspecified atom stereocenters. The van der Waals surface area contributed by atoms with E-state index in [1.54, 1.807) is 29.6 Å². The highest BCUT2D eigenvalue weighted by atomic mass is 19.4. The molecule has 0 radical (unpaired) electrons. The Morgan fingerprint density at radius 2 is 1.89 bits per heavy atom. The van der Waals surface area contributed by atoms with Crippen molar-refractivity contribution in [1.29, 1.82) is 5.26 Å². The number of amides is 1. The Kier molecular flexibility index (Phi) is 5.37. The average molecular weight is 512 g/mol. The standard InChI is InChI=1S/C26H28F3N7O/c1-15-12-35(24(37)18-9-19(18)26(27,28)29)16(2)11-34(15)22-21-23(33-14-32-22)36(13-25(21)5-3-6-25)20-8-17(10-30)4-7-31-20/h4,7-8,14-16,18-19H,3,5-6,9,11-13H2,1-2H3/t15-,16+,18?,19?/m0/s1. The first-order valence-corrected chi connectivity index (χ1v) is 12.8. The number of fused-ring (bicyclic) bond motifs is 2. The number of hydrogen-bond donors (Lipinski definition) is 0. The molecule has 0 aromatic carbocycles. The number of piperazine rings is 1. The third-order valence-corrected chi connectivity index (χ3v) is 8.59. The number of nitriles is 1. The molecule has 1 spiro atoms. The van der Waals surface area contributed by atoms with Crippen LogP contribution in [-0.2, 0) is 10.2 Å². The second-order valence-electron chi connectivity index (χ2n) is 11.0. The normalized spacial score (nSPS) is 28.1. The summed E-state index contributed by atoms with van der Waals surface area (Å²) in [5, 5.41) is 9.37. The molecule has 2 aromatic rings. The summed E-state index contributed by atoms with van der Waals surface area (Å²) in [4.78, 5) is 32.7. The summed E-state index contributed by atoms with van der Waals surface area (Å²) >= 11 is 0. The quantitative estimate of drug-likeness (QED) is 0.617. The molecule has 11 heteroatoms. The van der Waals surface area contributed by atoms with E-state index >= 15 is 0 Å². The first kappa shape index (κ1) is 23.9. The molecule has 4 aliphatic rings. The van der Waals surface area contributed by atoms with Crippen LogP contribution in [0.3, 0.4) is 0 Å². The molecule has 4 atom stereocenters. The number of rotatable bonds is 3. The summed E-state index contributed by atoms with van der Waals surface area (Å²) in [5.41, 5.74) is 1.49. The zero-order valence-corrected chi connectivity index (χ0v) is 20.7. The molecular weight excluding hydrogens is 483 g/mol. The highest BCUT2D eigenvalue weighted by Crippen LogP contribution is 2.56. The SMILES string of the molecule is C[C@@H]1CN(c2ncnc3c2C2(CCC2)CN3c2cc(C#N)ccn2)[C@@H](C)CN1C(=O)C1CC1C(F)(F)F. The molecule has 0 N–H and O–H groups in total. The fourth-order valence-corrected chi connectivity index (χ4v) is 6.33. The fraction of sp³-hybridized carbons (Fsp3) is 0.577. The lowest BCUT2D eigenvalue weighted by molar-refractivity contribution is -0.158. The number of nitrogens with zero attached hydrogens (tertiary/aromatic N) is 7. The number of hydrogen-bond acceptors (Lipinski definition) is 7. The number of halogens is 3. The lowest BCUT2D eigenvalue weighted by atomic mass is 9.66. The molecule has 37 heavy (non-hydrogen) atoms. The van der Waals surface area contributed by atoms with Crippen LogP contribution in [0.15, 0.2) is 24.7 Å². The van der Waals surface area contributed by atoms with Gasteiger partial charge in [-0.25, -0.2) is 15.0 Å². The zero-order valence-electron chi connectivity index (χ0n) is 20.7. The first-order valence-electron chi connectivity index (χ1n) is 12.8. The Balaban J connectivity index is 1.30. The Morgan fingerprint density at radius 1 is 1.14 bits per heavy atom. The number of carbonyl (C=O) groups excluding carboxylic acids is 1. The number of alkyl halides is 3. The van der Waals surface area contributed by atoms with Crippen molar-refractivity contribution in [2.45, 2.75) is 63.2 Å². The predicted molar refractivity (Wildman–Crippen MR) is 129 cm³/mol. The van der Waals surface area contributed by atoms with Gasteiger partial charge in [-0.15, -0.1) is 0 Å². The third-order valence-electron chi connectivity index (χ3n) is 8.59. The summed E-state index contributed by atoms with van der Waals surface area (Å²) < 4.78 is 39.3. The van der Waals surface area contributed by atoms with Crippen LogP contribution in [0.1, 0.15) is 50.7 Å². The third kappa shape index (κ3) is 3.80. The van der Waals surface area contributed by atoms with E-state index in [9.17, 15) is 23.2 Å². The fourth-order valence-electron chi connectivity index (χ4n) is 6.33. The van der Waals surface area contributed by atoms with E-state index in [1.807, 2.05) is 13.8 Å². The lowest BCUT2D eigenvalue weighted by Gasteiger charge is -2.47. The number of aromatic nitrogens is 3. The number of pyridine rings is 1. The molecular formula is C26H28F3N7O. The van der Waals surface area contributed by atoms with Crippen LogP contribution >= 0.6 is 0 Å². The van der Waals surface area contributed by atoms with E-state index < -0.39 is 18.0 Å². The van der Waals surface area contributed by atoms with E-state index in [-0.39, 0.29) is 29.8 Å². The van der Waals surface area contributed by atoms with Crippen molar-refractivity contribution < 1.29 is 18.0 Å². The van der Waals surface area contributed by atoms with Crippen LogP contribution in [0.2, 0.25) is 0 Å². The van der Waals surface area contributed by atoms with Crippen molar-refractivity contribution in [1.82, 2.24) is 19.9 Å². The van der Waals surface area contributed by atoms with Gasteiger partial charge in [0.15, 0.2) is 0 Å². The molecule has 6 rings (SSSR count). The maximum atomic E-state index is 13.1. The Labute approximate surface area is 213 Å². The van der Waals surface area contributed by atoms with Gasteiger partial charge in [0.1, 0.15) is 23.8 Å². The Hall–Kier alpha value is -3.42. The minimum Gasteiger partial charge on any atom is -0.350 e. The Morgan fingerprint density at radius 3 is 2.54 bits per heavy atom. The lowest BCUT2D eigenvalue weighted by Crippen LogP contribution is -2.59. The van der Waals surface area contributed by atoms with Gasteiger partial charge in [-0.3, -0.25) is 4.79 Å². The summed E-state index contributed by atoms with van der Waals surface area (Å²) in [6, 6.07) is 5.25. The van der Waals surface area contributed by atoms with Crippen LogP contribution in [0.5, 0.6) is 0 Å². The predicted octanol–water partition coefficient (Wildman–Crippen LogP) is 3.94.